The van der Waals surface area contributed by atoms with Crippen LogP contribution in [-0.4, -0.2) is 6.41 Å². The number of hydrogen-bond donors (Lipinski definition) is 1. The lowest BCUT2D eigenvalue weighted by Gasteiger charge is -2.04. The third-order valence-corrected chi connectivity index (χ3v) is 2.81. The maximum absolute atomic E-state index is 10.4. The van der Waals surface area contributed by atoms with Crippen LogP contribution in [-0.2, 0) is 4.79 Å². The molecule has 4 heteroatoms. The molecular formula is C15H15N3O. The van der Waals surface area contributed by atoms with Gasteiger partial charge in [0.05, 0.1) is 11.4 Å². The van der Waals surface area contributed by atoms with Gasteiger partial charge in [0.1, 0.15) is 0 Å². The molecule has 1 amide bonds. The molecule has 0 fully saturated rings. The SMILES string of the molecule is Cc1ccccc1N=Nc1ccc(NC=O)c(C)c1. The lowest BCUT2D eigenvalue weighted by molar-refractivity contribution is -0.105. The molecule has 0 spiro atoms. The highest BCUT2D eigenvalue weighted by atomic mass is 16.1. The summed E-state index contributed by atoms with van der Waals surface area (Å²) in [6.45, 7) is 3.91. The second-order valence-electron chi connectivity index (χ2n) is 4.25. The Kier molecular flexibility index (Phi) is 4.03. The molecule has 0 heterocycles. The summed E-state index contributed by atoms with van der Waals surface area (Å²) >= 11 is 0. The van der Waals surface area contributed by atoms with Gasteiger partial charge in [0.2, 0.25) is 6.41 Å². The second kappa shape index (κ2) is 5.91. The van der Waals surface area contributed by atoms with E-state index in [1.165, 1.54) is 0 Å². The molecule has 0 aliphatic rings. The normalized spacial score (nSPS) is 10.6. The van der Waals surface area contributed by atoms with E-state index in [9.17, 15) is 4.79 Å². The molecule has 96 valence electrons. The van der Waals surface area contributed by atoms with Crippen molar-refractivity contribution in [3.05, 3.63) is 53.6 Å². The van der Waals surface area contributed by atoms with Crippen molar-refractivity contribution in [1.29, 1.82) is 0 Å². The summed E-state index contributed by atoms with van der Waals surface area (Å²) in [6.07, 6.45) is 0.664. The first-order chi connectivity index (χ1) is 9.20. The molecule has 0 saturated heterocycles. The Balaban J connectivity index is 2.22. The van der Waals surface area contributed by atoms with Crippen molar-refractivity contribution in [2.75, 3.05) is 5.32 Å². The maximum Gasteiger partial charge on any atom is 0.211 e. The first-order valence-corrected chi connectivity index (χ1v) is 5.99. The number of nitrogens with one attached hydrogen (secondary N) is 1. The number of hydrogen-bond acceptors (Lipinski definition) is 3. The Morgan fingerprint density at radius 2 is 1.79 bits per heavy atom. The van der Waals surface area contributed by atoms with Gasteiger partial charge in [0, 0.05) is 5.69 Å². The molecule has 0 radical (unpaired) electrons. The molecular weight excluding hydrogens is 238 g/mol. The zero-order chi connectivity index (χ0) is 13.7. The minimum Gasteiger partial charge on any atom is -0.328 e. The molecule has 19 heavy (non-hydrogen) atoms. The summed E-state index contributed by atoms with van der Waals surface area (Å²) in [5, 5.41) is 11.1. The Hall–Kier alpha value is -2.49. The third-order valence-electron chi connectivity index (χ3n) is 2.81. The Labute approximate surface area is 112 Å². The van der Waals surface area contributed by atoms with Crippen LogP contribution in [0.25, 0.3) is 0 Å². The van der Waals surface area contributed by atoms with Crippen LogP contribution in [0.4, 0.5) is 17.1 Å². The van der Waals surface area contributed by atoms with Gasteiger partial charge in [0.15, 0.2) is 0 Å². The van der Waals surface area contributed by atoms with Crippen LogP contribution in [0.5, 0.6) is 0 Å². The van der Waals surface area contributed by atoms with Crippen molar-refractivity contribution >= 4 is 23.5 Å². The maximum atomic E-state index is 10.4. The fourth-order valence-corrected chi connectivity index (χ4v) is 1.72. The molecule has 0 aliphatic heterocycles. The Morgan fingerprint density at radius 1 is 1.00 bits per heavy atom. The summed E-state index contributed by atoms with van der Waals surface area (Å²) < 4.78 is 0. The molecule has 2 aromatic carbocycles. The van der Waals surface area contributed by atoms with E-state index >= 15 is 0 Å². The zero-order valence-electron chi connectivity index (χ0n) is 10.9. The largest absolute Gasteiger partial charge is 0.328 e. The van der Waals surface area contributed by atoms with Crippen LogP contribution in [0.3, 0.4) is 0 Å². The summed E-state index contributed by atoms with van der Waals surface area (Å²) in [6, 6.07) is 13.3. The lowest BCUT2D eigenvalue weighted by atomic mass is 10.2. The quantitative estimate of drug-likeness (QED) is 0.641. The standard InChI is InChI=1S/C15H15N3O/c1-11-5-3-4-6-15(11)18-17-13-7-8-14(16-10-19)12(2)9-13/h3-10H,1-2H3,(H,16,19). The molecule has 0 bridgehead atoms. The van der Waals surface area contributed by atoms with Crippen LogP contribution < -0.4 is 5.32 Å². The average Bonchev–Trinajstić information content (AvgIpc) is 2.41. The molecule has 1 N–H and O–H groups in total. The molecule has 0 unspecified atom stereocenters. The first-order valence-electron chi connectivity index (χ1n) is 5.99. The molecule has 0 aromatic heterocycles. The van der Waals surface area contributed by atoms with Gasteiger partial charge in [-0.2, -0.15) is 10.2 Å². The van der Waals surface area contributed by atoms with Crippen molar-refractivity contribution in [3.8, 4) is 0 Å². The molecule has 2 rings (SSSR count). The Morgan fingerprint density at radius 3 is 2.47 bits per heavy atom. The number of nitrogens with zero attached hydrogens (tertiary/aromatic N) is 2. The van der Waals surface area contributed by atoms with E-state index in [-0.39, 0.29) is 0 Å². The molecule has 2 aromatic rings. The number of carbonyl (C=O) groups is 1. The number of aryl methyl sites for hydroxylation is 2. The van der Waals surface area contributed by atoms with E-state index in [2.05, 4.69) is 15.5 Å². The van der Waals surface area contributed by atoms with Crippen LogP contribution in [0.2, 0.25) is 0 Å². The minimum absolute atomic E-state index is 0.664. The molecule has 0 saturated carbocycles. The predicted octanol–water partition coefficient (Wildman–Crippen LogP) is 4.29. The van der Waals surface area contributed by atoms with E-state index in [0.717, 1.165) is 28.2 Å². The number of carbonyl (C=O) groups excluding carboxylic acids is 1. The van der Waals surface area contributed by atoms with Gasteiger partial charge >= 0.3 is 0 Å². The number of anilines is 1. The fraction of sp³-hybridized carbons (Fsp3) is 0.133. The van der Waals surface area contributed by atoms with Gasteiger partial charge in [0.25, 0.3) is 0 Å². The van der Waals surface area contributed by atoms with Gasteiger partial charge < -0.3 is 5.32 Å². The van der Waals surface area contributed by atoms with E-state index in [4.69, 9.17) is 0 Å². The summed E-state index contributed by atoms with van der Waals surface area (Å²) in [4.78, 5) is 10.4. The average molecular weight is 253 g/mol. The van der Waals surface area contributed by atoms with E-state index < -0.39 is 0 Å². The number of benzene rings is 2. The van der Waals surface area contributed by atoms with Crippen molar-refractivity contribution in [1.82, 2.24) is 0 Å². The van der Waals surface area contributed by atoms with Gasteiger partial charge in [-0.3, -0.25) is 4.79 Å². The monoisotopic (exact) mass is 253 g/mol. The topological polar surface area (TPSA) is 53.8 Å². The minimum atomic E-state index is 0.664. The molecule has 0 atom stereocenters. The third kappa shape index (κ3) is 3.25. The summed E-state index contributed by atoms with van der Waals surface area (Å²) in [7, 11) is 0. The zero-order valence-corrected chi connectivity index (χ0v) is 10.9. The van der Waals surface area contributed by atoms with Crippen molar-refractivity contribution < 1.29 is 4.79 Å². The van der Waals surface area contributed by atoms with Gasteiger partial charge in [-0.05, 0) is 49.2 Å². The highest BCUT2D eigenvalue weighted by Crippen LogP contribution is 2.24. The second-order valence-corrected chi connectivity index (χ2v) is 4.25. The van der Waals surface area contributed by atoms with Crippen LogP contribution in [0.1, 0.15) is 11.1 Å². The van der Waals surface area contributed by atoms with Crippen molar-refractivity contribution in [2.45, 2.75) is 13.8 Å². The van der Waals surface area contributed by atoms with Crippen molar-refractivity contribution in [2.24, 2.45) is 10.2 Å². The smallest absolute Gasteiger partial charge is 0.211 e. The van der Waals surface area contributed by atoms with E-state index in [1.54, 1.807) is 0 Å². The van der Waals surface area contributed by atoms with Crippen LogP contribution >= 0.6 is 0 Å². The van der Waals surface area contributed by atoms with Gasteiger partial charge in [-0.15, -0.1) is 0 Å². The summed E-state index contributed by atoms with van der Waals surface area (Å²) in [5.41, 5.74) is 4.44. The van der Waals surface area contributed by atoms with Gasteiger partial charge in [-0.1, -0.05) is 18.2 Å². The summed E-state index contributed by atoms with van der Waals surface area (Å²) in [5.74, 6) is 0. The first kappa shape index (κ1) is 13.0. The lowest BCUT2D eigenvalue weighted by Crippen LogP contribution is -1.95. The highest BCUT2D eigenvalue weighted by molar-refractivity contribution is 5.74. The van der Waals surface area contributed by atoms with Crippen molar-refractivity contribution in [3.63, 3.8) is 0 Å². The van der Waals surface area contributed by atoms with Crippen LogP contribution in [0, 0.1) is 13.8 Å². The fourth-order valence-electron chi connectivity index (χ4n) is 1.72. The highest BCUT2D eigenvalue weighted by Gasteiger charge is 1.99. The molecule has 4 nitrogen and oxygen atoms in total. The van der Waals surface area contributed by atoms with E-state index in [1.807, 2.05) is 56.3 Å². The number of azo groups is 1. The number of rotatable bonds is 4. The molecule has 0 aliphatic carbocycles. The van der Waals surface area contributed by atoms with E-state index in [0.29, 0.717) is 6.41 Å². The van der Waals surface area contributed by atoms with Gasteiger partial charge in [-0.25, -0.2) is 0 Å². The Bertz CT molecular complexity index is 621. The van der Waals surface area contributed by atoms with Crippen LogP contribution in [0.15, 0.2) is 52.7 Å². The predicted molar refractivity (Wildman–Crippen MR) is 76.2 cm³/mol. The number of amides is 1.